The Labute approximate surface area is 75.6 Å². The van der Waals surface area contributed by atoms with Gasteiger partial charge in [0.2, 0.25) is 0 Å². The number of aliphatic hydroxyl groups excluding tert-OH is 1. The van der Waals surface area contributed by atoms with Crippen LogP contribution in [0.1, 0.15) is 27.2 Å². The predicted molar refractivity (Wildman–Crippen MR) is 51.1 cm³/mol. The Morgan fingerprint density at radius 3 is 2.50 bits per heavy atom. The maximum atomic E-state index is 9.63. The molecular weight excluding hydrogens is 150 g/mol. The zero-order valence-corrected chi connectivity index (χ0v) is 8.45. The van der Waals surface area contributed by atoms with E-state index in [-0.39, 0.29) is 6.10 Å². The van der Waals surface area contributed by atoms with Gasteiger partial charge in [0.25, 0.3) is 0 Å². The van der Waals surface area contributed by atoms with Crippen molar-refractivity contribution in [2.45, 2.75) is 33.3 Å². The summed E-state index contributed by atoms with van der Waals surface area (Å²) in [5, 5.41) is 9.63. The van der Waals surface area contributed by atoms with Crippen LogP contribution in [0, 0.1) is 11.8 Å². The Morgan fingerprint density at radius 2 is 2.08 bits per heavy atom. The molecule has 2 heteroatoms. The third kappa shape index (κ3) is 2.46. The van der Waals surface area contributed by atoms with Crippen molar-refractivity contribution < 1.29 is 5.11 Å². The zero-order valence-electron chi connectivity index (χ0n) is 8.45. The van der Waals surface area contributed by atoms with Gasteiger partial charge in [0.1, 0.15) is 0 Å². The topological polar surface area (TPSA) is 23.5 Å². The lowest BCUT2D eigenvalue weighted by molar-refractivity contribution is 0.139. The van der Waals surface area contributed by atoms with Crippen molar-refractivity contribution in [3.63, 3.8) is 0 Å². The molecule has 0 amide bonds. The summed E-state index contributed by atoms with van der Waals surface area (Å²) in [6, 6.07) is 0. The van der Waals surface area contributed by atoms with Gasteiger partial charge in [-0.1, -0.05) is 20.8 Å². The van der Waals surface area contributed by atoms with E-state index in [0.717, 1.165) is 26.1 Å². The maximum Gasteiger partial charge on any atom is 0.0707 e. The van der Waals surface area contributed by atoms with E-state index < -0.39 is 0 Å². The molecule has 2 unspecified atom stereocenters. The van der Waals surface area contributed by atoms with Crippen molar-refractivity contribution in [1.29, 1.82) is 0 Å². The van der Waals surface area contributed by atoms with Gasteiger partial charge in [-0.05, 0) is 18.3 Å². The van der Waals surface area contributed by atoms with Crippen LogP contribution in [0.5, 0.6) is 0 Å². The van der Waals surface area contributed by atoms with Crippen LogP contribution in [0.3, 0.4) is 0 Å². The average molecular weight is 171 g/mol. The smallest absolute Gasteiger partial charge is 0.0707 e. The summed E-state index contributed by atoms with van der Waals surface area (Å²) >= 11 is 0. The summed E-state index contributed by atoms with van der Waals surface area (Å²) in [5.74, 6) is 1.23. The molecular formula is C10H21NO. The summed E-state index contributed by atoms with van der Waals surface area (Å²) in [6.07, 6.45) is 1.03. The van der Waals surface area contributed by atoms with Gasteiger partial charge in [-0.3, -0.25) is 0 Å². The Morgan fingerprint density at radius 1 is 1.42 bits per heavy atom. The number of hydrogen-bond acceptors (Lipinski definition) is 2. The number of hydrogen-bond donors (Lipinski definition) is 1. The second kappa shape index (κ2) is 4.24. The molecule has 0 bridgehead atoms. The van der Waals surface area contributed by atoms with Gasteiger partial charge in [0.15, 0.2) is 0 Å². The Balaban J connectivity index is 2.33. The van der Waals surface area contributed by atoms with Gasteiger partial charge in [-0.2, -0.15) is 0 Å². The second-order valence-electron chi connectivity index (χ2n) is 4.35. The minimum atomic E-state index is -0.0752. The first-order chi connectivity index (χ1) is 5.63. The second-order valence-corrected chi connectivity index (χ2v) is 4.35. The van der Waals surface area contributed by atoms with E-state index in [1.807, 2.05) is 0 Å². The summed E-state index contributed by atoms with van der Waals surface area (Å²) in [4.78, 5) is 2.38. The van der Waals surface area contributed by atoms with E-state index in [1.165, 1.54) is 0 Å². The van der Waals surface area contributed by atoms with E-state index >= 15 is 0 Å². The fraction of sp³-hybridized carbons (Fsp3) is 1.00. The first-order valence-corrected chi connectivity index (χ1v) is 5.04. The van der Waals surface area contributed by atoms with Crippen molar-refractivity contribution in [3.8, 4) is 0 Å². The largest absolute Gasteiger partial charge is 0.391 e. The Hall–Kier alpha value is -0.0800. The predicted octanol–water partition coefficient (Wildman–Crippen LogP) is 1.35. The summed E-state index contributed by atoms with van der Waals surface area (Å²) in [7, 11) is 0. The molecule has 0 aromatic carbocycles. The van der Waals surface area contributed by atoms with Gasteiger partial charge < -0.3 is 10.0 Å². The minimum absolute atomic E-state index is 0.0752. The Kier molecular flexibility index (Phi) is 3.53. The highest BCUT2D eigenvalue weighted by atomic mass is 16.3. The summed E-state index contributed by atoms with van der Waals surface area (Å²) < 4.78 is 0. The Bertz CT molecular complexity index is 136. The third-order valence-corrected chi connectivity index (χ3v) is 2.63. The van der Waals surface area contributed by atoms with Gasteiger partial charge in [-0.25, -0.2) is 0 Å². The van der Waals surface area contributed by atoms with Gasteiger partial charge in [0, 0.05) is 19.6 Å². The van der Waals surface area contributed by atoms with E-state index in [0.29, 0.717) is 11.8 Å². The standard InChI is InChI=1S/C10H21NO/c1-4-9-6-11(5-8(2)3)7-10(9)12/h8-10,12H,4-7H2,1-3H3. The monoisotopic (exact) mass is 171 g/mol. The molecule has 2 nitrogen and oxygen atoms in total. The lowest BCUT2D eigenvalue weighted by atomic mass is 10.0. The zero-order chi connectivity index (χ0) is 9.14. The fourth-order valence-electron chi connectivity index (χ4n) is 2.01. The van der Waals surface area contributed by atoms with Crippen molar-refractivity contribution in [3.05, 3.63) is 0 Å². The molecule has 0 aromatic heterocycles. The highest BCUT2D eigenvalue weighted by Crippen LogP contribution is 2.20. The molecule has 1 aliphatic rings. The summed E-state index contributed by atoms with van der Waals surface area (Å²) in [5.41, 5.74) is 0. The van der Waals surface area contributed by atoms with Gasteiger partial charge in [-0.15, -0.1) is 0 Å². The molecule has 0 saturated carbocycles. The highest BCUT2D eigenvalue weighted by Gasteiger charge is 2.29. The molecule has 0 aliphatic carbocycles. The first kappa shape index (κ1) is 10.0. The van der Waals surface area contributed by atoms with Crippen LogP contribution in [0.4, 0.5) is 0 Å². The van der Waals surface area contributed by atoms with Crippen LogP contribution in [-0.4, -0.2) is 35.7 Å². The lowest BCUT2D eigenvalue weighted by Crippen LogP contribution is -2.26. The number of aliphatic hydroxyl groups is 1. The molecule has 12 heavy (non-hydrogen) atoms. The van der Waals surface area contributed by atoms with Gasteiger partial charge >= 0.3 is 0 Å². The molecule has 0 aromatic rings. The van der Waals surface area contributed by atoms with Crippen molar-refractivity contribution in [1.82, 2.24) is 4.90 Å². The molecule has 0 radical (unpaired) electrons. The molecule has 1 aliphatic heterocycles. The summed E-state index contributed by atoms with van der Waals surface area (Å²) in [6.45, 7) is 9.73. The molecule has 2 atom stereocenters. The van der Waals surface area contributed by atoms with Crippen LogP contribution < -0.4 is 0 Å². The molecule has 1 fully saturated rings. The van der Waals surface area contributed by atoms with Crippen LogP contribution in [-0.2, 0) is 0 Å². The van der Waals surface area contributed by atoms with Crippen molar-refractivity contribution in [2.75, 3.05) is 19.6 Å². The van der Waals surface area contributed by atoms with E-state index in [4.69, 9.17) is 0 Å². The molecule has 0 spiro atoms. The molecule has 1 heterocycles. The molecule has 1 rings (SSSR count). The maximum absolute atomic E-state index is 9.63. The molecule has 72 valence electrons. The minimum Gasteiger partial charge on any atom is -0.391 e. The van der Waals surface area contributed by atoms with Crippen LogP contribution in [0.25, 0.3) is 0 Å². The SMILES string of the molecule is CCC1CN(CC(C)C)CC1O. The van der Waals surface area contributed by atoms with Crippen molar-refractivity contribution >= 4 is 0 Å². The van der Waals surface area contributed by atoms with E-state index in [2.05, 4.69) is 25.7 Å². The average Bonchev–Trinajstić information content (AvgIpc) is 2.29. The molecule has 1 saturated heterocycles. The lowest BCUT2D eigenvalue weighted by Gasteiger charge is -2.17. The third-order valence-electron chi connectivity index (χ3n) is 2.63. The quantitative estimate of drug-likeness (QED) is 0.693. The normalized spacial score (nSPS) is 31.8. The number of rotatable bonds is 3. The first-order valence-electron chi connectivity index (χ1n) is 5.04. The van der Waals surface area contributed by atoms with Crippen LogP contribution in [0.2, 0.25) is 0 Å². The fourth-order valence-corrected chi connectivity index (χ4v) is 2.01. The van der Waals surface area contributed by atoms with Crippen LogP contribution >= 0.6 is 0 Å². The number of β-amino-alcohol motifs (C(OH)–C–C–N with tert-alkyl or cyclic N) is 1. The molecule has 1 N–H and O–H groups in total. The van der Waals surface area contributed by atoms with Crippen molar-refractivity contribution in [2.24, 2.45) is 11.8 Å². The van der Waals surface area contributed by atoms with Gasteiger partial charge in [0.05, 0.1) is 6.10 Å². The van der Waals surface area contributed by atoms with E-state index in [1.54, 1.807) is 0 Å². The number of likely N-dealkylation sites (tertiary alicyclic amines) is 1. The van der Waals surface area contributed by atoms with Crippen LogP contribution in [0.15, 0.2) is 0 Å². The number of nitrogens with zero attached hydrogens (tertiary/aromatic N) is 1. The van der Waals surface area contributed by atoms with E-state index in [9.17, 15) is 5.11 Å². The highest BCUT2D eigenvalue weighted by molar-refractivity contribution is 4.82.